The Morgan fingerprint density at radius 3 is 2.86 bits per heavy atom. The molecule has 0 spiro atoms. The van der Waals surface area contributed by atoms with Gasteiger partial charge < -0.3 is 4.90 Å². The van der Waals surface area contributed by atoms with E-state index >= 15 is 0 Å². The quantitative estimate of drug-likeness (QED) is 0.784. The second kappa shape index (κ2) is 6.49. The zero-order valence-corrected chi connectivity index (χ0v) is 13.7. The van der Waals surface area contributed by atoms with Gasteiger partial charge in [0.05, 0.1) is 0 Å². The molecule has 0 saturated heterocycles. The largest absolute Gasteiger partial charge is 0.338 e. The van der Waals surface area contributed by atoms with Gasteiger partial charge in [-0.1, -0.05) is 43.8 Å². The number of aryl methyl sites for hydroxylation is 1. The Morgan fingerprint density at radius 1 is 1.41 bits per heavy atom. The Balaban J connectivity index is 2.02. The second-order valence-corrected chi connectivity index (χ2v) is 6.87. The van der Waals surface area contributed by atoms with Crippen molar-refractivity contribution in [3.05, 3.63) is 69.9 Å². The normalized spacial score (nSPS) is 17.7. The van der Waals surface area contributed by atoms with Crippen LogP contribution < -0.4 is 0 Å². The smallest absolute Gasteiger partial charge is 0.245 e. The molecule has 0 unspecified atom stereocenters. The molecule has 0 aliphatic carbocycles. The fourth-order valence-electron chi connectivity index (χ4n) is 3.11. The monoisotopic (exact) mass is 311 g/mol. The molecule has 0 radical (unpaired) electrons. The van der Waals surface area contributed by atoms with Crippen LogP contribution in [0.5, 0.6) is 0 Å². The van der Waals surface area contributed by atoms with Crippen LogP contribution in [0.25, 0.3) is 0 Å². The van der Waals surface area contributed by atoms with Crippen LogP contribution in [0.15, 0.2) is 49.1 Å². The van der Waals surface area contributed by atoms with Crippen LogP contribution in [-0.4, -0.2) is 23.9 Å². The summed E-state index contributed by atoms with van der Waals surface area (Å²) in [5.74, 6) is 0.297. The van der Waals surface area contributed by atoms with Crippen LogP contribution in [0.4, 0.5) is 0 Å². The van der Waals surface area contributed by atoms with Gasteiger partial charge in [-0.25, -0.2) is 0 Å². The third-order valence-electron chi connectivity index (χ3n) is 4.32. The minimum Gasteiger partial charge on any atom is -0.338 e. The van der Waals surface area contributed by atoms with Crippen molar-refractivity contribution in [1.82, 2.24) is 4.90 Å². The summed E-state index contributed by atoms with van der Waals surface area (Å²) in [7, 11) is 0. The van der Waals surface area contributed by atoms with Gasteiger partial charge >= 0.3 is 0 Å². The van der Waals surface area contributed by atoms with Crippen molar-refractivity contribution < 1.29 is 4.79 Å². The molecule has 3 heteroatoms. The van der Waals surface area contributed by atoms with E-state index in [4.69, 9.17) is 0 Å². The summed E-state index contributed by atoms with van der Waals surface area (Å²) in [6, 6.07) is 12.9. The Hall–Kier alpha value is -1.87. The van der Waals surface area contributed by atoms with Gasteiger partial charge in [0.1, 0.15) is 0 Å². The SMILES string of the molecule is C=CC(=O)N1CCc2sc(CC)cc2[C@@H](c2ccccc2)C1. The van der Waals surface area contributed by atoms with Crippen molar-refractivity contribution in [3.63, 3.8) is 0 Å². The lowest BCUT2D eigenvalue weighted by molar-refractivity contribution is -0.126. The number of carbonyl (C=O) groups is 1. The number of nitrogens with zero attached hydrogens (tertiary/aromatic N) is 1. The lowest BCUT2D eigenvalue weighted by atomic mass is 9.91. The number of thiophene rings is 1. The third-order valence-corrected chi connectivity index (χ3v) is 5.67. The Bertz CT molecular complexity index is 674. The molecule has 0 N–H and O–H groups in total. The number of rotatable bonds is 3. The molecule has 0 fully saturated rings. The predicted octanol–water partition coefficient (Wildman–Crippen LogP) is 4.01. The van der Waals surface area contributed by atoms with E-state index in [2.05, 4.69) is 43.8 Å². The van der Waals surface area contributed by atoms with Gasteiger partial charge in [-0.2, -0.15) is 0 Å². The van der Waals surface area contributed by atoms with Gasteiger partial charge in [-0.15, -0.1) is 11.3 Å². The van der Waals surface area contributed by atoms with Gasteiger partial charge in [0.2, 0.25) is 5.91 Å². The summed E-state index contributed by atoms with van der Waals surface area (Å²) in [6.45, 7) is 7.36. The topological polar surface area (TPSA) is 20.3 Å². The Labute approximate surface area is 136 Å². The van der Waals surface area contributed by atoms with Crippen LogP contribution in [0.3, 0.4) is 0 Å². The van der Waals surface area contributed by atoms with Gasteiger partial charge in [-0.05, 0) is 36.1 Å². The third kappa shape index (κ3) is 2.86. The molecule has 0 saturated carbocycles. The molecular weight excluding hydrogens is 290 g/mol. The molecular formula is C19H21NOS. The van der Waals surface area contributed by atoms with Crippen molar-refractivity contribution in [2.24, 2.45) is 0 Å². The highest BCUT2D eigenvalue weighted by atomic mass is 32.1. The lowest BCUT2D eigenvalue weighted by Crippen LogP contribution is -2.33. The van der Waals surface area contributed by atoms with Gasteiger partial charge in [0, 0.05) is 28.8 Å². The number of hydrogen-bond donors (Lipinski definition) is 0. The highest BCUT2D eigenvalue weighted by Gasteiger charge is 2.27. The van der Waals surface area contributed by atoms with E-state index in [1.54, 1.807) is 0 Å². The van der Waals surface area contributed by atoms with Crippen LogP contribution in [-0.2, 0) is 17.6 Å². The molecule has 2 aromatic rings. The minimum absolute atomic E-state index is 0.0341. The van der Waals surface area contributed by atoms with E-state index < -0.39 is 0 Å². The number of fused-ring (bicyclic) bond motifs is 1. The highest BCUT2D eigenvalue weighted by molar-refractivity contribution is 7.12. The number of hydrogen-bond acceptors (Lipinski definition) is 2. The molecule has 0 bridgehead atoms. The molecule has 1 aliphatic rings. The molecule has 1 aromatic heterocycles. The van der Waals surface area contributed by atoms with Crippen LogP contribution in [0.1, 0.15) is 33.7 Å². The molecule has 2 nitrogen and oxygen atoms in total. The van der Waals surface area contributed by atoms with E-state index in [0.717, 1.165) is 25.9 Å². The molecule has 1 atom stereocenters. The number of amides is 1. The summed E-state index contributed by atoms with van der Waals surface area (Å²) >= 11 is 1.90. The Morgan fingerprint density at radius 2 is 2.18 bits per heavy atom. The average Bonchev–Trinajstić information content (AvgIpc) is 2.90. The fraction of sp³-hybridized carbons (Fsp3) is 0.316. The van der Waals surface area contributed by atoms with E-state index in [1.165, 1.54) is 27.0 Å². The van der Waals surface area contributed by atoms with E-state index in [0.29, 0.717) is 0 Å². The first kappa shape index (κ1) is 15.0. The first-order chi connectivity index (χ1) is 10.7. The molecule has 3 rings (SSSR count). The number of carbonyl (C=O) groups excluding carboxylic acids is 1. The van der Waals surface area contributed by atoms with Crippen molar-refractivity contribution in [3.8, 4) is 0 Å². The maximum Gasteiger partial charge on any atom is 0.245 e. The van der Waals surface area contributed by atoms with Gasteiger partial charge in [0.25, 0.3) is 0 Å². The number of benzene rings is 1. The van der Waals surface area contributed by atoms with Crippen LogP contribution in [0.2, 0.25) is 0 Å². The maximum atomic E-state index is 12.1. The highest BCUT2D eigenvalue weighted by Crippen LogP contribution is 2.36. The summed E-state index contributed by atoms with van der Waals surface area (Å²) in [6.07, 6.45) is 3.45. The zero-order chi connectivity index (χ0) is 15.5. The summed E-state index contributed by atoms with van der Waals surface area (Å²) in [5, 5.41) is 0. The fourth-order valence-corrected chi connectivity index (χ4v) is 4.27. The average molecular weight is 311 g/mol. The summed E-state index contributed by atoms with van der Waals surface area (Å²) in [4.78, 5) is 16.9. The van der Waals surface area contributed by atoms with Crippen molar-refractivity contribution >= 4 is 17.2 Å². The van der Waals surface area contributed by atoms with E-state index in [-0.39, 0.29) is 11.8 Å². The molecule has 2 heterocycles. The van der Waals surface area contributed by atoms with Crippen LogP contribution in [0, 0.1) is 0 Å². The van der Waals surface area contributed by atoms with Crippen molar-refractivity contribution in [2.75, 3.05) is 13.1 Å². The standard InChI is InChI=1S/C19H21NOS/c1-3-15-12-16-17(14-8-6-5-7-9-14)13-20(19(21)4-2)11-10-18(16)22-15/h4-9,12,17H,2-3,10-11,13H2,1H3/t17-/m1/s1. The zero-order valence-electron chi connectivity index (χ0n) is 12.9. The first-order valence-corrected chi connectivity index (χ1v) is 8.62. The maximum absolute atomic E-state index is 12.1. The van der Waals surface area contributed by atoms with Crippen LogP contribution >= 0.6 is 11.3 Å². The van der Waals surface area contributed by atoms with Crippen molar-refractivity contribution in [2.45, 2.75) is 25.7 Å². The minimum atomic E-state index is 0.0341. The molecule has 22 heavy (non-hydrogen) atoms. The lowest BCUT2D eigenvalue weighted by Gasteiger charge is -2.24. The molecule has 1 aromatic carbocycles. The van der Waals surface area contributed by atoms with Gasteiger partial charge in [0.15, 0.2) is 0 Å². The summed E-state index contributed by atoms with van der Waals surface area (Å²) < 4.78 is 0. The van der Waals surface area contributed by atoms with Crippen molar-refractivity contribution in [1.29, 1.82) is 0 Å². The summed E-state index contributed by atoms with van der Waals surface area (Å²) in [5.41, 5.74) is 2.69. The van der Waals surface area contributed by atoms with E-state index in [9.17, 15) is 4.79 Å². The molecule has 114 valence electrons. The predicted molar refractivity (Wildman–Crippen MR) is 92.5 cm³/mol. The van der Waals surface area contributed by atoms with E-state index in [1.807, 2.05) is 22.3 Å². The first-order valence-electron chi connectivity index (χ1n) is 7.80. The second-order valence-electron chi connectivity index (χ2n) is 5.65. The molecule has 1 amide bonds. The van der Waals surface area contributed by atoms with Gasteiger partial charge in [-0.3, -0.25) is 4.79 Å². The molecule has 1 aliphatic heterocycles. The Kier molecular flexibility index (Phi) is 4.44.